The molecule has 6 aliphatic rings. The lowest BCUT2D eigenvalue weighted by Crippen LogP contribution is -2.43. The molecule has 17 nitrogen and oxygen atoms in total. The van der Waals surface area contributed by atoms with Gasteiger partial charge in [-0.15, -0.1) is 0 Å². The molecule has 2 saturated heterocycles. The highest BCUT2D eigenvalue weighted by Crippen LogP contribution is 2.45. The van der Waals surface area contributed by atoms with E-state index in [0.717, 1.165) is 47.9 Å². The minimum absolute atomic E-state index is 0.0334. The molecular formula is C60H61N7O10. The van der Waals surface area contributed by atoms with Crippen LogP contribution in [0.1, 0.15) is 92.3 Å². The maximum Gasteiger partial charge on any atom is 0.322 e. The van der Waals surface area contributed by atoms with Crippen LogP contribution in [0.3, 0.4) is 0 Å². The summed E-state index contributed by atoms with van der Waals surface area (Å²) in [6.45, 7) is -1.79. The van der Waals surface area contributed by atoms with E-state index < -0.39 is 60.5 Å². The summed E-state index contributed by atoms with van der Waals surface area (Å²) in [4.78, 5) is 113. The van der Waals surface area contributed by atoms with Gasteiger partial charge in [-0.3, -0.25) is 38.4 Å². The summed E-state index contributed by atoms with van der Waals surface area (Å²) in [6.07, 6.45) is 2.96. The normalized spacial score (nSPS) is 27.3. The van der Waals surface area contributed by atoms with Gasteiger partial charge in [0.15, 0.2) is 6.61 Å². The number of nitrogens with one attached hydrogen (secondary N) is 5. The summed E-state index contributed by atoms with van der Waals surface area (Å²) >= 11 is 0. The SMILES string of the molecule is O=C(O)CNC(=O)COc1cc(C(=O)N2C[C@@H](C(=O)N[C@H]3C[C@@H]3c3ccccc3)[C@H](C(=O)N[C@H]3C[C@@H]3c3ccccc3)C2)ccc1C(=O)N1C[C@@H](C(=O)N[C@H]2C[C@@H]2c2ccccc2)[C@H](C(=O)N[C@H]2C[C@@H]2c2ccccc2)C1. The van der Waals surface area contributed by atoms with Crippen molar-refractivity contribution in [1.82, 2.24) is 36.4 Å². The van der Waals surface area contributed by atoms with Crippen molar-refractivity contribution in [2.24, 2.45) is 23.7 Å². The molecule has 4 saturated carbocycles. The summed E-state index contributed by atoms with van der Waals surface area (Å²) in [5, 5.41) is 24.0. The van der Waals surface area contributed by atoms with E-state index in [4.69, 9.17) is 4.74 Å². The molecule has 0 radical (unpaired) electrons. The number of hydrogen-bond donors (Lipinski definition) is 6. The number of hydrogen-bond acceptors (Lipinski definition) is 9. The van der Waals surface area contributed by atoms with Crippen molar-refractivity contribution in [3.05, 3.63) is 173 Å². The number of likely N-dealkylation sites (tertiary alicyclic amines) is 2. The second-order valence-corrected chi connectivity index (χ2v) is 21.5. The Labute approximate surface area is 445 Å². The molecule has 77 heavy (non-hydrogen) atoms. The predicted molar refractivity (Wildman–Crippen MR) is 281 cm³/mol. The van der Waals surface area contributed by atoms with Crippen molar-refractivity contribution in [3.8, 4) is 5.75 Å². The summed E-state index contributed by atoms with van der Waals surface area (Å²) in [6, 6.07) is 43.0. The first-order valence-corrected chi connectivity index (χ1v) is 26.6. The number of carboxylic acid groups (broad SMARTS) is 1. The Bertz CT molecular complexity index is 2920. The number of carbonyl (C=O) groups is 8. The maximum atomic E-state index is 14.8. The quantitative estimate of drug-likeness (QED) is 0.0686. The van der Waals surface area contributed by atoms with Crippen LogP contribution in [0.15, 0.2) is 140 Å². The number of nitrogens with zero attached hydrogens (tertiary/aromatic N) is 2. The third-order valence-corrected chi connectivity index (χ3v) is 16.2. The lowest BCUT2D eigenvalue weighted by molar-refractivity contribution is -0.138. The van der Waals surface area contributed by atoms with E-state index in [-0.39, 0.29) is 115 Å². The van der Waals surface area contributed by atoms with Gasteiger partial charge in [0.1, 0.15) is 12.3 Å². The topological polar surface area (TPSA) is 233 Å². The fourth-order valence-electron chi connectivity index (χ4n) is 11.5. The van der Waals surface area contributed by atoms with Crippen molar-refractivity contribution in [3.63, 3.8) is 0 Å². The van der Waals surface area contributed by atoms with Crippen LogP contribution in [0, 0.1) is 23.7 Å². The highest BCUT2D eigenvalue weighted by Gasteiger charge is 2.51. The molecule has 17 heteroatoms. The number of ether oxygens (including phenoxy) is 1. The first-order valence-electron chi connectivity index (χ1n) is 26.6. The van der Waals surface area contributed by atoms with E-state index in [1.165, 1.54) is 28.0 Å². The summed E-state index contributed by atoms with van der Waals surface area (Å²) < 4.78 is 5.95. The Balaban J connectivity index is 0.825. The lowest BCUT2D eigenvalue weighted by atomic mass is 9.94. The number of amides is 7. The minimum Gasteiger partial charge on any atom is -0.483 e. The van der Waals surface area contributed by atoms with Gasteiger partial charge in [0.05, 0.1) is 29.2 Å². The molecule has 0 spiro atoms. The molecule has 396 valence electrons. The Hall–Kier alpha value is -8.34. The zero-order chi connectivity index (χ0) is 53.3. The van der Waals surface area contributed by atoms with Gasteiger partial charge < -0.3 is 46.2 Å². The monoisotopic (exact) mass is 1040 g/mol. The number of rotatable bonds is 19. The Morgan fingerprint density at radius 2 is 0.792 bits per heavy atom. The van der Waals surface area contributed by atoms with Crippen LogP contribution >= 0.6 is 0 Å². The Kier molecular flexibility index (Phi) is 14.3. The van der Waals surface area contributed by atoms with Crippen LogP contribution in [0.25, 0.3) is 0 Å². The molecule has 5 aromatic rings. The molecular weight excluding hydrogens is 979 g/mol. The molecule has 5 aromatic carbocycles. The van der Waals surface area contributed by atoms with Crippen molar-refractivity contribution in [2.45, 2.75) is 73.5 Å². The van der Waals surface area contributed by atoms with E-state index in [9.17, 15) is 43.5 Å². The molecule has 6 fully saturated rings. The van der Waals surface area contributed by atoms with Crippen molar-refractivity contribution >= 4 is 47.3 Å². The molecule has 0 bridgehead atoms. The third kappa shape index (κ3) is 11.6. The van der Waals surface area contributed by atoms with Gasteiger partial charge in [0, 0.05) is 79.6 Å². The zero-order valence-electron chi connectivity index (χ0n) is 42.3. The van der Waals surface area contributed by atoms with Gasteiger partial charge in [-0.05, 0) is 66.1 Å². The van der Waals surface area contributed by atoms with Crippen LogP contribution in [0.2, 0.25) is 0 Å². The van der Waals surface area contributed by atoms with E-state index in [2.05, 4.69) is 26.6 Å². The molecule has 11 rings (SSSR count). The number of benzene rings is 5. The van der Waals surface area contributed by atoms with E-state index in [0.29, 0.717) is 0 Å². The highest BCUT2D eigenvalue weighted by molar-refractivity contribution is 6.02. The van der Waals surface area contributed by atoms with Gasteiger partial charge in [-0.2, -0.15) is 0 Å². The van der Waals surface area contributed by atoms with Gasteiger partial charge >= 0.3 is 5.97 Å². The number of aliphatic carboxylic acids is 1. The summed E-state index contributed by atoms with van der Waals surface area (Å²) in [5.41, 5.74) is 4.36. The van der Waals surface area contributed by atoms with E-state index in [1.54, 1.807) is 0 Å². The van der Waals surface area contributed by atoms with Crippen LogP contribution in [0.4, 0.5) is 0 Å². The molecule has 7 amide bonds. The molecule has 0 unspecified atom stereocenters. The second kappa shape index (κ2) is 21.7. The molecule has 2 aliphatic heterocycles. The van der Waals surface area contributed by atoms with Crippen molar-refractivity contribution < 1.29 is 48.2 Å². The fraction of sp³-hybridized carbons (Fsp3) is 0.367. The van der Waals surface area contributed by atoms with Gasteiger partial charge in [0.25, 0.3) is 17.7 Å². The second-order valence-electron chi connectivity index (χ2n) is 21.5. The lowest BCUT2D eigenvalue weighted by Gasteiger charge is -2.21. The van der Waals surface area contributed by atoms with Crippen LogP contribution in [-0.4, -0.2) is 126 Å². The van der Waals surface area contributed by atoms with Crippen LogP contribution in [-0.2, 0) is 28.8 Å². The van der Waals surface area contributed by atoms with Crippen LogP contribution < -0.4 is 31.3 Å². The zero-order valence-corrected chi connectivity index (χ0v) is 42.3. The average molecular weight is 1040 g/mol. The van der Waals surface area contributed by atoms with Crippen molar-refractivity contribution in [1.29, 1.82) is 0 Å². The summed E-state index contributed by atoms with van der Waals surface area (Å²) in [5.74, 6) is -7.88. The highest BCUT2D eigenvalue weighted by atomic mass is 16.5. The molecule has 4 aliphatic carbocycles. The first-order chi connectivity index (χ1) is 37.4. The summed E-state index contributed by atoms with van der Waals surface area (Å²) in [7, 11) is 0. The Morgan fingerprint density at radius 3 is 1.13 bits per heavy atom. The van der Waals surface area contributed by atoms with E-state index in [1.807, 2.05) is 121 Å². The Morgan fingerprint density at radius 1 is 0.455 bits per heavy atom. The van der Waals surface area contributed by atoms with Crippen LogP contribution in [0.5, 0.6) is 5.75 Å². The predicted octanol–water partition coefficient (Wildman–Crippen LogP) is 4.33. The fourth-order valence-corrected chi connectivity index (χ4v) is 11.5. The molecule has 0 aromatic heterocycles. The minimum atomic E-state index is -1.28. The van der Waals surface area contributed by atoms with Crippen molar-refractivity contribution in [2.75, 3.05) is 39.3 Å². The third-order valence-electron chi connectivity index (χ3n) is 16.2. The largest absolute Gasteiger partial charge is 0.483 e. The van der Waals surface area contributed by atoms with Gasteiger partial charge in [0.2, 0.25) is 23.6 Å². The molecule has 12 atom stereocenters. The smallest absolute Gasteiger partial charge is 0.322 e. The van der Waals surface area contributed by atoms with Gasteiger partial charge in [-0.25, -0.2) is 0 Å². The number of carbonyl (C=O) groups excluding carboxylic acids is 7. The maximum absolute atomic E-state index is 14.8. The van der Waals surface area contributed by atoms with Gasteiger partial charge in [-0.1, -0.05) is 121 Å². The van der Waals surface area contributed by atoms with E-state index >= 15 is 0 Å². The molecule has 2 heterocycles. The molecule has 6 N–H and O–H groups in total. The average Bonchev–Trinajstić information content (AvgIpc) is 4.42. The standard InChI is InChI=1S/C60H61N7O10/c68-53(61-28-54(69)70)33-77-52-23-38(59(75)66-29-44(55(71)62-48-24-40(48)34-13-5-1-6-14-34)45(30-66)56(72)63-49-25-41(49)35-15-7-2-8-16-35)21-22-39(52)60(76)67-31-46(57(73)64-50-26-42(50)36-17-9-3-10-18-36)47(32-67)58(74)65-51-27-43(51)37-19-11-4-12-20-37/h1-23,40-51H,24-33H2,(H,61,68)(H,62,71)(H,63,72)(H,64,73)(H,65,74)(H,69,70)/t40-,41-,42-,43-,44-,45-,46-,47-,48+,49+,50+,51+/m1/s1. The number of carboxylic acids is 1. The first kappa shape index (κ1) is 50.8.